The minimum atomic E-state index is -4.44. The molecule has 0 aromatic carbocycles. The summed E-state index contributed by atoms with van der Waals surface area (Å²) in [6, 6.07) is 1.82. The Morgan fingerprint density at radius 2 is 2.00 bits per heavy atom. The van der Waals surface area contributed by atoms with Crippen LogP contribution in [0.4, 0.5) is 13.2 Å². The van der Waals surface area contributed by atoms with Crippen LogP contribution in [-0.2, 0) is 11.3 Å². The van der Waals surface area contributed by atoms with Crippen LogP contribution < -0.4 is 0 Å². The fraction of sp³-hybridized carbons (Fsp3) is 0.667. The van der Waals surface area contributed by atoms with Gasteiger partial charge in [-0.1, -0.05) is 5.16 Å². The van der Waals surface area contributed by atoms with Gasteiger partial charge in [-0.3, -0.25) is 9.69 Å². The van der Waals surface area contributed by atoms with Crippen molar-refractivity contribution in [2.45, 2.75) is 26.1 Å². The Morgan fingerprint density at radius 3 is 2.50 bits per heavy atom. The number of hydrogen-bond donors (Lipinski definition) is 0. The van der Waals surface area contributed by atoms with E-state index in [9.17, 15) is 18.0 Å². The van der Waals surface area contributed by atoms with E-state index in [1.165, 1.54) is 4.90 Å². The van der Waals surface area contributed by atoms with Crippen molar-refractivity contribution < 1.29 is 22.5 Å². The van der Waals surface area contributed by atoms with Gasteiger partial charge in [-0.15, -0.1) is 0 Å². The summed E-state index contributed by atoms with van der Waals surface area (Å²) in [4.78, 5) is 14.7. The van der Waals surface area contributed by atoms with Crippen molar-refractivity contribution in [1.82, 2.24) is 15.0 Å². The van der Waals surface area contributed by atoms with Crippen molar-refractivity contribution in [3.8, 4) is 0 Å². The second-order valence-electron chi connectivity index (χ2n) is 4.88. The SMILES string of the molecule is Cc1cc(CN2CCN(C(=O)CC(F)(F)F)CC2)no1. The molecule has 0 bridgehead atoms. The van der Waals surface area contributed by atoms with Crippen molar-refractivity contribution in [1.29, 1.82) is 0 Å². The van der Waals surface area contributed by atoms with Gasteiger partial charge in [0.25, 0.3) is 0 Å². The molecule has 0 saturated carbocycles. The molecule has 0 N–H and O–H groups in total. The molecule has 2 heterocycles. The Morgan fingerprint density at radius 1 is 1.35 bits per heavy atom. The fourth-order valence-corrected chi connectivity index (χ4v) is 2.16. The first-order chi connectivity index (χ1) is 9.33. The number of carbonyl (C=O) groups excluding carboxylic acids is 1. The minimum Gasteiger partial charge on any atom is -0.361 e. The zero-order valence-electron chi connectivity index (χ0n) is 11.1. The van der Waals surface area contributed by atoms with E-state index in [4.69, 9.17) is 4.52 Å². The first kappa shape index (κ1) is 14.8. The highest BCUT2D eigenvalue weighted by Crippen LogP contribution is 2.21. The number of rotatable bonds is 3. The first-order valence-corrected chi connectivity index (χ1v) is 6.32. The normalized spacial score (nSPS) is 17.5. The summed E-state index contributed by atoms with van der Waals surface area (Å²) in [5, 5.41) is 3.87. The van der Waals surface area contributed by atoms with Crippen LogP contribution in [0.3, 0.4) is 0 Å². The molecule has 8 heteroatoms. The lowest BCUT2D eigenvalue weighted by Crippen LogP contribution is -2.49. The van der Waals surface area contributed by atoms with Crippen LogP contribution in [0.15, 0.2) is 10.6 Å². The summed E-state index contributed by atoms with van der Waals surface area (Å²) < 4.78 is 41.4. The third kappa shape index (κ3) is 4.22. The average Bonchev–Trinajstić information content (AvgIpc) is 2.73. The second-order valence-corrected chi connectivity index (χ2v) is 4.88. The number of carbonyl (C=O) groups is 1. The average molecular weight is 291 g/mol. The molecule has 0 unspecified atom stereocenters. The fourth-order valence-electron chi connectivity index (χ4n) is 2.16. The zero-order chi connectivity index (χ0) is 14.8. The summed E-state index contributed by atoms with van der Waals surface area (Å²) >= 11 is 0. The van der Waals surface area contributed by atoms with Gasteiger partial charge in [0.05, 0.1) is 5.69 Å². The molecule has 2 rings (SSSR count). The number of hydrogen-bond acceptors (Lipinski definition) is 4. The van der Waals surface area contributed by atoms with Gasteiger partial charge in [0.1, 0.15) is 12.2 Å². The smallest absolute Gasteiger partial charge is 0.361 e. The molecule has 1 fully saturated rings. The van der Waals surface area contributed by atoms with Gasteiger partial charge in [0.2, 0.25) is 5.91 Å². The Kier molecular flexibility index (Phi) is 4.32. The van der Waals surface area contributed by atoms with Crippen LogP contribution >= 0.6 is 0 Å². The predicted molar refractivity (Wildman–Crippen MR) is 63.8 cm³/mol. The molecule has 0 radical (unpaired) electrons. The van der Waals surface area contributed by atoms with Gasteiger partial charge in [-0.05, 0) is 6.92 Å². The van der Waals surface area contributed by atoms with E-state index in [0.717, 1.165) is 11.5 Å². The van der Waals surface area contributed by atoms with Crippen molar-refractivity contribution >= 4 is 5.91 Å². The molecule has 1 aromatic rings. The van der Waals surface area contributed by atoms with Gasteiger partial charge in [0, 0.05) is 38.8 Å². The lowest BCUT2D eigenvalue weighted by atomic mass is 10.2. The maximum Gasteiger partial charge on any atom is 0.397 e. The minimum absolute atomic E-state index is 0.311. The van der Waals surface area contributed by atoms with E-state index in [-0.39, 0.29) is 0 Å². The third-order valence-electron chi connectivity index (χ3n) is 3.14. The molecule has 112 valence electrons. The summed E-state index contributed by atoms with van der Waals surface area (Å²) in [7, 11) is 0. The zero-order valence-corrected chi connectivity index (χ0v) is 11.1. The topological polar surface area (TPSA) is 49.6 Å². The molecular weight excluding hydrogens is 275 g/mol. The lowest BCUT2D eigenvalue weighted by Gasteiger charge is -2.34. The molecule has 1 aliphatic rings. The first-order valence-electron chi connectivity index (χ1n) is 6.32. The number of amides is 1. The van der Waals surface area contributed by atoms with Gasteiger partial charge in [-0.2, -0.15) is 13.2 Å². The Labute approximate surface area is 114 Å². The van der Waals surface area contributed by atoms with Crippen LogP contribution in [0.1, 0.15) is 17.9 Å². The van der Waals surface area contributed by atoms with Crippen molar-refractivity contribution in [2.75, 3.05) is 26.2 Å². The van der Waals surface area contributed by atoms with E-state index < -0.39 is 18.5 Å². The van der Waals surface area contributed by atoms with Gasteiger partial charge < -0.3 is 9.42 Å². The van der Waals surface area contributed by atoms with E-state index in [0.29, 0.717) is 32.7 Å². The molecule has 1 amide bonds. The second kappa shape index (κ2) is 5.82. The van der Waals surface area contributed by atoms with E-state index >= 15 is 0 Å². The Hall–Kier alpha value is -1.57. The summed E-state index contributed by atoms with van der Waals surface area (Å²) in [5.74, 6) is -0.131. The predicted octanol–water partition coefficient (Wildman–Crippen LogP) is 1.58. The van der Waals surface area contributed by atoms with Crippen molar-refractivity contribution in [2.24, 2.45) is 0 Å². The Balaban J connectivity index is 1.79. The van der Waals surface area contributed by atoms with Crippen LogP contribution in [0.5, 0.6) is 0 Å². The Bertz CT molecular complexity index is 465. The number of aromatic nitrogens is 1. The highest BCUT2D eigenvalue weighted by Gasteiger charge is 2.34. The van der Waals surface area contributed by atoms with Crippen LogP contribution in [0, 0.1) is 6.92 Å². The maximum absolute atomic E-state index is 12.2. The molecule has 1 saturated heterocycles. The summed E-state index contributed by atoms with van der Waals surface area (Å²) in [6.07, 6.45) is -5.82. The highest BCUT2D eigenvalue weighted by molar-refractivity contribution is 5.76. The maximum atomic E-state index is 12.2. The van der Waals surface area contributed by atoms with E-state index in [1.54, 1.807) is 6.92 Å². The number of piperazine rings is 1. The molecule has 0 atom stereocenters. The number of alkyl halides is 3. The lowest BCUT2D eigenvalue weighted by molar-refractivity contribution is -0.162. The van der Waals surface area contributed by atoms with Crippen molar-refractivity contribution in [3.63, 3.8) is 0 Å². The van der Waals surface area contributed by atoms with Gasteiger partial charge in [0.15, 0.2) is 0 Å². The summed E-state index contributed by atoms with van der Waals surface area (Å²) in [5.41, 5.74) is 0.789. The van der Waals surface area contributed by atoms with Crippen molar-refractivity contribution in [3.05, 3.63) is 17.5 Å². The number of halogens is 3. The molecule has 1 aromatic heterocycles. The third-order valence-corrected chi connectivity index (χ3v) is 3.14. The van der Waals surface area contributed by atoms with Gasteiger partial charge >= 0.3 is 6.18 Å². The highest BCUT2D eigenvalue weighted by atomic mass is 19.4. The van der Waals surface area contributed by atoms with E-state index in [1.807, 2.05) is 11.0 Å². The number of nitrogens with zero attached hydrogens (tertiary/aromatic N) is 3. The number of aryl methyl sites for hydroxylation is 1. The molecule has 5 nitrogen and oxygen atoms in total. The molecule has 20 heavy (non-hydrogen) atoms. The quantitative estimate of drug-likeness (QED) is 0.848. The van der Waals surface area contributed by atoms with Crippen LogP contribution in [-0.4, -0.2) is 53.2 Å². The standard InChI is InChI=1S/C12H16F3N3O2/c1-9-6-10(16-20-9)8-17-2-4-18(5-3-17)11(19)7-12(13,14)15/h6H,2-5,7-8H2,1H3. The molecular formula is C12H16F3N3O2. The molecule has 1 aliphatic heterocycles. The molecule has 0 aliphatic carbocycles. The monoisotopic (exact) mass is 291 g/mol. The summed E-state index contributed by atoms with van der Waals surface area (Å²) in [6.45, 7) is 4.07. The van der Waals surface area contributed by atoms with Crippen LogP contribution in [0.2, 0.25) is 0 Å². The largest absolute Gasteiger partial charge is 0.397 e. The van der Waals surface area contributed by atoms with E-state index in [2.05, 4.69) is 5.16 Å². The molecule has 0 spiro atoms. The van der Waals surface area contributed by atoms with Gasteiger partial charge in [-0.25, -0.2) is 0 Å². The van der Waals surface area contributed by atoms with Crippen LogP contribution in [0.25, 0.3) is 0 Å².